The fourth-order valence-electron chi connectivity index (χ4n) is 7.93. The number of ether oxygens (including phenoxy) is 1. The van der Waals surface area contributed by atoms with Crippen LogP contribution in [-0.2, 0) is 39.2 Å². The zero-order chi connectivity index (χ0) is 37.9. The van der Waals surface area contributed by atoms with E-state index in [-0.39, 0.29) is 37.4 Å². The molecule has 2 aliphatic carbocycles. The predicted octanol–water partition coefficient (Wildman–Crippen LogP) is 2.78. The summed E-state index contributed by atoms with van der Waals surface area (Å²) in [4.78, 5) is 57.3. The molecule has 17 heteroatoms. The number of nitrogens with zero attached hydrogens (tertiary/aromatic N) is 2. The first-order chi connectivity index (χ1) is 25.0. The molecule has 0 bridgehead atoms. The monoisotopic (exact) mass is 773 g/mol. The molecule has 0 unspecified atom stereocenters. The predicted molar refractivity (Wildman–Crippen MR) is 192 cm³/mol. The molecule has 1 aromatic heterocycles. The summed E-state index contributed by atoms with van der Waals surface area (Å²) in [7, 11) is -7.96. The van der Waals surface area contributed by atoms with Crippen LogP contribution < -0.4 is 15.4 Å². The van der Waals surface area contributed by atoms with E-state index in [9.17, 15) is 36.0 Å². The molecule has 53 heavy (non-hydrogen) atoms. The van der Waals surface area contributed by atoms with Gasteiger partial charge in [0.05, 0.1) is 16.4 Å². The number of carbonyl (C=O) groups is 4. The highest BCUT2D eigenvalue weighted by molar-refractivity contribution is 7.91. The molecule has 288 valence electrons. The van der Waals surface area contributed by atoms with Gasteiger partial charge in [-0.3, -0.25) is 19.1 Å². The molecule has 5 aliphatic rings. The zero-order valence-electron chi connectivity index (χ0n) is 30.1. The Morgan fingerprint density at radius 1 is 1.00 bits per heavy atom. The average Bonchev–Trinajstić information content (AvgIpc) is 3.89. The summed E-state index contributed by atoms with van der Waals surface area (Å²) in [5.41, 5.74) is -1.86. The van der Waals surface area contributed by atoms with Crippen molar-refractivity contribution < 1.29 is 45.2 Å². The van der Waals surface area contributed by atoms with Crippen molar-refractivity contribution in [2.75, 3.05) is 19.6 Å². The van der Waals surface area contributed by atoms with Crippen molar-refractivity contribution in [3.05, 3.63) is 42.7 Å². The van der Waals surface area contributed by atoms with Gasteiger partial charge in [-0.1, -0.05) is 25.0 Å². The van der Waals surface area contributed by atoms with Crippen molar-refractivity contribution in [2.45, 2.75) is 106 Å². The van der Waals surface area contributed by atoms with Gasteiger partial charge in [0.25, 0.3) is 5.91 Å². The third kappa shape index (κ3) is 7.56. The van der Waals surface area contributed by atoms with E-state index in [0.717, 1.165) is 12.8 Å². The van der Waals surface area contributed by atoms with Crippen LogP contribution in [-0.4, -0.2) is 98.0 Å². The maximum absolute atomic E-state index is 14.6. The number of fused-ring (bicyclic) bond motifs is 5. The summed E-state index contributed by atoms with van der Waals surface area (Å²) in [5.74, 6) is -3.62. The van der Waals surface area contributed by atoms with Crippen LogP contribution >= 0.6 is 0 Å². The van der Waals surface area contributed by atoms with Crippen molar-refractivity contribution in [1.82, 2.24) is 24.6 Å². The standard InChI is InChI=1S/C36H47N5O10S2/c1-35(2,3)51-34(45)37-28-10-8-6-4-5-7-9-24-18-36(24,33(44)39-52(46,47)25-11-12-25)38-31(42)30-27-21-40(19-23(27)20-41(30)32(28)43)53(48,49)26-13-14-29-22(17-26)15-16-50-29/h7,9,13-17,23-25,27-28,30H,4-6,8,10-12,18-21H2,1-3H3,(H,37,45)(H,38,42)(H,39,44)/b9-7-/t23-,24-,27-,28+,30-,36+/m0/s1. The van der Waals surface area contributed by atoms with E-state index in [1.54, 1.807) is 32.9 Å². The Morgan fingerprint density at radius 2 is 1.77 bits per heavy atom. The Kier molecular flexibility index (Phi) is 9.67. The molecule has 2 saturated carbocycles. The second-order valence-corrected chi connectivity index (χ2v) is 19.9. The van der Waals surface area contributed by atoms with E-state index >= 15 is 0 Å². The quantitative estimate of drug-likeness (QED) is 0.367. The van der Waals surface area contributed by atoms with Crippen molar-refractivity contribution in [1.29, 1.82) is 0 Å². The van der Waals surface area contributed by atoms with Crippen molar-refractivity contribution in [2.24, 2.45) is 17.8 Å². The first-order valence-electron chi connectivity index (χ1n) is 18.3. The zero-order valence-corrected chi connectivity index (χ0v) is 31.7. The molecule has 4 heterocycles. The van der Waals surface area contributed by atoms with Gasteiger partial charge in [0, 0.05) is 36.9 Å². The molecule has 7 rings (SSSR count). The number of furan rings is 1. The third-order valence-corrected chi connectivity index (χ3v) is 14.6. The molecule has 4 amide bonds. The number of rotatable bonds is 6. The first kappa shape index (κ1) is 37.4. The number of nitrogens with one attached hydrogen (secondary N) is 3. The molecular formula is C36H47N5O10S2. The van der Waals surface area contributed by atoms with Crippen molar-refractivity contribution in [3.63, 3.8) is 0 Å². The smallest absolute Gasteiger partial charge is 0.408 e. The summed E-state index contributed by atoms with van der Waals surface area (Å²) in [6.07, 6.45) is 8.55. The molecule has 6 atom stereocenters. The largest absolute Gasteiger partial charge is 0.464 e. The van der Waals surface area contributed by atoms with E-state index in [0.29, 0.717) is 36.7 Å². The highest BCUT2D eigenvalue weighted by Gasteiger charge is 2.63. The maximum Gasteiger partial charge on any atom is 0.408 e. The minimum atomic E-state index is -4.02. The molecule has 1 aromatic carbocycles. The number of benzene rings is 1. The van der Waals surface area contributed by atoms with Gasteiger partial charge in [-0.2, -0.15) is 4.31 Å². The van der Waals surface area contributed by atoms with Gasteiger partial charge in [-0.05, 0) is 89.5 Å². The van der Waals surface area contributed by atoms with Crippen LogP contribution in [0.4, 0.5) is 4.79 Å². The first-order valence-corrected chi connectivity index (χ1v) is 21.3. The lowest BCUT2D eigenvalue weighted by molar-refractivity contribution is -0.142. The number of hydrogen-bond acceptors (Lipinski definition) is 10. The highest BCUT2D eigenvalue weighted by atomic mass is 32.2. The highest BCUT2D eigenvalue weighted by Crippen LogP contribution is 2.47. The molecule has 3 N–H and O–H groups in total. The van der Waals surface area contributed by atoms with Gasteiger partial charge in [0.1, 0.15) is 28.8 Å². The van der Waals surface area contributed by atoms with Gasteiger partial charge in [-0.15, -0.1) is 0 Å². The minimum absolute atomic E-state index is 0.0272. The lowest BCUT2D eigenvalue weighted by Crippen LogP contribution is -2.60. The van der Waals surface area contributed by atoms with Gasteiger partial charge < -0.3 is 24.7 Å². The molecule has 0 radical (unpaired) electrons. The Hall–Kier alpha value is -3.96. The number of hydrogen-bond donors (Lipinski definition) is 3. The fraction of sp³-hybridized carbons (Fsp3) is 0.611. The Bertz CT molecular complexity index is 2050. The maximum atomic E-state index is 14.6. The minimum Gasteiger partial charge on any atom is -0.464 e. The Morgan fingerprint density at radius 3 is 2.51 bits per heavy atom. The summed E-state index contributed by atoms with van der Waals surface area (Å²) in [6, 6.07) is 4.00. The van der Waals surface area contributed by atoms with Crippen LogP contribution in [0.15, 0.2) is 52.0 Å². The van der Waals surface area contributed by atoms with Crippen LogP contribution in [0.1, 0.15) is 72.1 Å². The van der Waals surface area contributed by atoms with Gasteiger partial charge in [0.15, 0.2) is 0 Å². The van der Waals surface area contributed by atoms with Crippen LogP contribution in [0.3, 0.4) is 0 Å². The summed E-state index contributed by atoms with van der Waals surface area (Å²) in [5, 5.41) is 5.54. The van der Waals surface area contributed by atoms with Crippen LogP contribution in [0.25, 0.3) is 11.0 Å². The van der Waals surface area contributed by atoms with E-state index in [1.165, 1.54) is 27.6 Å². The fourth-order valence-corrected chi connectivity index (χ4v) is 10.9. The molecule has 2 saturated heterocycles. The van der Waals surface area contributed by atoms with Crippen molar-refractivity contribution in [3.8, 4) is 0 Å². The molecule has 15 nitrogen and oxygen atoms in total. The lowest BCUT2D eigenvalue weighted by Gasteiger charge is -2.33. The molecule has 0 spiro atoms. The summed E-state index contributed by atoms with van der Waals surface area (Å²) >= 11 is 0. The van der Waals surface area contributed by atoms with Crippen LogP contribution in [0.5, 0.6) is 0 Å². The van der Waals surface area contributed by atoms with E-state index in [1.807, 2.05) is 12.2 Å². The molecule has 2 aromatic rings. The van der Waals surface area contributed by atoms with E-state index < -0.39 is 90.1 Å². The van der Waals surface area contributed by atoms with Crippen molar-refractivity contribution >= 4 is 54.8 Å². The van der Waals surface area contributed by atoms with E-state index in [2.05, 4.69) is 15.4 Å². The Balaban J connectivity index is 1.20. The molecule has 4 fully saturated rings. The van der Waals surface area contributed by atoms with Gasteiger partial charge in [-0.25, -0.2) is 21.6 Å². The van der Waals surface area contributed by atoms with Gasteiger partial charge in [0.2, 0.25) is 31.9 Å². The number of carbonyl (C=O) groups excluding carboxylic acids is 4. The van der Waals surface area contributed by atoms with Crippen LogP contribution in [0, 0.1) is 17.8 Å². The summed E-state index contributed by atoms with van der Waals surface area (Å²) in [6.45, 7) is 5.10. The SMILES string of the molecule is CC(C)(C)OC(=O)N[C@@H]1CCCCC/C=C\[C@H]2C[C@@]2(C(=O)NS(=O)(=O)C2CC2)NC(=O)[C@@H]2[C@H]3CN(S(=O)(=O)c4ccc5occc5c4)C[C@H]3CN2C1=O. The lowest BCUT2D eigenvalue weighted by atomic mass is 9.93. The number of allylic oxidation sites excluding steroid dienone is 1. The normalized spacial score (nSPS) is 30.6. The third-order valence-electron chi connectivity index (χ3n) is 10.9. The summed E-state index contributed by atoms with van der Waals surface area (Å²) < 4.78 is 68.0. The second-order valence-electron chi connectivity index (χ2n) is 16.0. The molecular weight excluding hydrogens is 727 g/mol. The number of sulfonamides is 2. The average molecular weight is 774 g/mol. The Labute approximate surface area is 309 Å². The van der Waals surface area contributed by atoms with Gasteiger partial charge >= 0.3 is 6.09 Å². The second kappa shape index (κ2) is 13.7. The molecule has 3 aliphatic heterocycles. The van der Waals surface area contributed by atoms with Crippen LogP contribution in [0.2, 0.25) is 0 Å². The number of amides is 4. The van der Waals surface area contributed by atoms with E-state index in [4.69, 9.17) is 9.15 Å². The number of alkyl carbamates (subject to hydrolysis) is 1. The topological polar surface area (TPSA) is 202 Å².